The van der Waals surface area contributed by atoms with Crippen LogP contribution in [0.1, 0.15) is 25.5 Å². The van der Waals surface area contributed by atoms with E-state index in [0.717, 1.165) is 38.2 Å². The summed E-state index contributed by atoms with van der Waals surface area (Å²) in [5.41, 5.74) is 0.906. The molecule has 1 aromatic rings. The average molecular weight is 488 g/mol. The highest BCUT2D eigenvalue weighted by Crippen LogP contribution is 2.25. The highest BCUT2D eigenvalue weighted by Gasteiger charge is 2.17. The first kappa shape index (κ1) is 21.4. The molecule has 1 aromatic heterocycles. The first-order valence-corrected chi connectivity index (χ1v) is 8.58. The van der Waals surface area contributed by atoms with Gasteiger partial charge < -0.3 is 20.1 Å². The third-order valence-corrected chi connectivity index (χ3v) is 4.67. The molecule has 9 heteroatoms. The number of nitrogens with one attached hydrogen (secondary N) is 2. The Bertz CT molecular complexity index is 585. The second-order valence-corrected chi connectivity index (χ2v) is 6.24. The number of halogens is 3. The van der Waals surface area contributed by atoms with Gasteiger partial charge in [0.15, 0.2) is 5.96 Å². The van der Waals surface area contributed by atoms with Gasteiger partial charge in [0.2, 0.25) is 5.91 Å². The molecule has 2 heterocycles. The van der Waals surface area contributed by atoms with Gasteiger partial charge in [0, 0.05) is 32.4 Å². The minimum atomic E-state index is 0. The summed E-state index contributed by atoms with van der Waals surface area (Å²) >= 11 is 12.1. The van der Waals surface area contributed by atoms with Crippen molar-refractivity contribution in [3.8, 4) is 0 Å². The van der Waals surface area contributed by atoms with Crippen molar-refractivity contribution < 1.29 is 4.79 Å². The molecular weight excluding hydrogens is 464 g/mol. The van der Waals surface area contributed by atoms with Gasteiger partial charge in [-0.05, 0) is 25.8 Å². The van der Waals surface area contributed by atoms with E-state index < -0.39 is 0 Å². The van der Waals surface area contributed by atoms with Gasteiger partial charge >= 0.3 is 0 Å². The molecule has 0 spiro atoms. The Morgan fingerprint density at radius 1 is 1.29 bits per heavy atom. The summed E-state index contributed by atoms with van der Waals surface area (Å²) in [4.78, 5) is 18.4. The summed E-state index contributed by atoms with van der Waals surface area (Å²) in [6.45, 7) is 5.09. The van der Waals surface area contributed by atoms with Crippen LogP contribution in [-0.2, 0) is 18.4 Å². The Balaban J connectivity index is 0.00000288. The maximum Gasteiger partial charge on any atom is 0.241 e. The number of aromatic nitrogens is 1. The van der Waals surface area contributed by atoms with Gasteiger partial charge in [-0.2, -0.15) is 0 Å². The van der Waals surface area contributed by atoms with Gasteiger partial charge in [0.05, 0.1) is 18.1 Å². The quantitative estimate of drug-likeness (QED) is 0.381. The Morgan fingerprint density at radius 3 is 2.50 bits per heavy atom. The molecular formula is C15H24Cl2IN5O. The molecule has 0 aliphatic carbocycles. The number of hydrogen-bond acceptors (Lipinski definition) is 2. The van der Waals surface area contributed by atoms with Crippen LogP contribution in [0.25, 0.3) is 0 Å². The molecule has 0 atom stereocenters. The summed E-state index contributed by atoms with van der Waals surface area (Å²) in [7, 11) is 1.84. The molecule has 0 radical (unpaired) electrons. The SMILES string of the molecule is CCNC(=NCc1cc(Cl)c(Cl)n1C)NCC(=O)N1CCCC1.I. The summed E-state index contributed by atoms with van der Waals surface area (Å²) < 4.78 is 1.80. The molecule has 0 saturated carbocycles. The number of nitrogens with zero attached hydrogens (tertiary/aromatic N) is 3. The Hall–Kier alpha value is -0.670. The van der Waals surface area contributed by atoms with E-state index in [-0.39, 0.29) is 36.4 Å². The van der Waals surface area contributed by atoms with Crippen molar-refractivity contribution in [3.05, 3.63) is 21.9 Å². The first-order chi connectivity index (χ1) is 11.0. The fourth-order valence-electron chi connectivity index (χ4n) is 2.48. The summed E-state index contributed by atoms with van der Waals surface area (Å²) in [5.74, 6) is 0.714. The Kier molecular flexibility index (Phi) is 9.22. The summed E-state index contributed by atoms with van der Waals surface area (Å²) in [5, 5.41) is 7.23. The van der Waals surface area contributed by atoms with Crippen molar-refractivity contribution in [1.82, 2.24) is 20.1 Å². The van der Waals surface area contributed by atoms with E-state index in [0.29, 0.717) is 22.7 Å². The molecule has 1 fully saturated rings. The zero-order valence-corrected chi connectivity index (χ0v) is 17.8. The van der Waals surface area contributed by atoms with Crippen LogP contribution in [-0.4, -0.2) is 47.5 Å². The molecule has 6 nitrogen and oxygen atoms in total. The van der Waals surface area contributed by atoms with Gasteiger partial charge in [-0.1, -0.05) is 23.2 Å². The molecule has 0 unspecified atom stereocenters. The van der Waals surface area contributed by atoms with E-state index in [1.165, 1.54) is 0 Å². The Morgan fingerprint density at radius 2 is 1.96 bits per heavy atom. The number of amides is 1. The third-order valence-electron chi connectivity index (χ3n) is 3.82. The van der Waals surface area contributed by atoms with Crippen molar-refractivity contribution in [3.63, 3.8) is 0 Å². The van der Waals surface area contributed by atoms with Crippen LogP contribution in [0.3, 0.4) is 0 Å². The van der Waals surface area contributed by atoms with Crippen molar-refractivity contribution in [2.45, 2.75) is 26.3 Å². The minimum Gasteiger partial charge on any atom is -0.357 e. The minimum absolute atomic E-state index is 0. The smallest absolute Gasteiger partial charge is 0.241 e. The molecule has 1 aliphatic rings. The van der Waals surface area contributed by atoms with Crippen molar-refractivity contribution in [2.75, 3.05) is 26.2 Å². The fraction of sp³-hybridized carbons (Fsp3) is 0.600. The second-order valence-electron chi connectivity index (χ2n) is 5.47. The molecule has 0 aromatic carbocycles. The lowest BCUT2D eigenvalue weighted by Gasteiger charge is -2.17. The number of aliphatic imine (C=N–C) groups is 1. The van der Waals surface area contributed by atoms with Gasteiger partial charge in [0.25, 0.3) is 0 Å². The van der Waals surface area contributed by atoms with Gasteiger partial charge in [0.1, 0.15) is 5.15 Å². The van der Waals surface area contributed by atoms with Crippen molar-refractivity contribution in [2.24, 2.45) is 12.0 Å². The molecule has 24 heavy (non-hydrogen) atoms. The topological polar surface area (TPSA) is 61.7 Å². The zero-order chi connectivity index (χ0) is 16.8. The first-order valence-electron chi connectivity index (χ1n) is 7.82. The highest BCUT2D eigenvalue weighted by atomic mass is 127. The predicted molar refractivity (Wildman–Crippen MR) is 109 cm³/mol. The lowest BCUT2D eigenvalue weighted by atomic mass is 10.4. The molecule has 2 rings (SSSR count). The summed E-state index contributed by atoms with van der Waals surface area (Å²) in [6.07, 6.45) is 2.18. The van der Waals surface area contributed by atoms with E-state index in [9.17, 15) is 4.79 Å². The number of rotatable bonds is 5. The van der Waals surface area contributed by atoms with E-state index in [1.807, 2.05) is 18.9 Å². The maximum atomic E-state index is 12.1. The van der Waals surface area contributed by atoms with E-state index in [1.54, 1.807) is 10.6 Å². The van der Waals surface area contributed by atoms with Crippen LogP contribution in [0.5, 0.6) is 0 Å². The van der Waals surface area contributed by atoms with Gasteiger partial charge in [-0.25, -0.2) is 4.99 Å². The number of carbonyl (C=O) groups is 1. The van der Waals surface area contributed by atoms with E-state index >= 15 is 0 Å². The summed E-state index contributed by atoms with van der Waals surface area (Å²) in [6, 6.07) is 1.80. The lowest BCUT2D eigenvalue weighted by Crippen LogP contribution is -2.44. The molecule has 1 amide bonds. The van der Waals surface area contributed by atoms with Crippen LogP contribution < -0.4 is 10.6 Å². The van der Waals surface area contributed by atoms with Crippen molar-refractivity contribution >= 4 is 59.0 Å². The monoisotopic (exact) mass is 487 g/mol. The maximum absolute atomic E-state index is 12.1. The van der Waals surface area contributed by atoms with Gasteiger partial charge in [-0.3, -0.25) is 4.79 Å². The highest BCUT2D eigenvalue weighted by molar-refractivity contribution is 14.0. The van der Waals surface area contributed by atoms with Crippen LogP contribution >= 0.6 is 47.2 Å². The van der Waals surface area contributed by atoms with Crippen LogP contribution in [0.4, 0.5) is 0 Å². The molecule has 1 aliphatic heterocycles. The fourth-order valence-corrected chi connectivity index (χ4v) is 2.90. The van der Waals surface area contributed by atoms with Crippen LogP contribution in [0, 0.1) is 0 Å². The average Bonchev–Trinajstić information content (AvgIpc) is 3.15. The van der Waals surface area contributed by atoms with Crippen LogP contribution in [0.15, 0.2) is 11.1 Å². The van der Waals surface area contributed by atoms with E-state index in [4.69, 9.17) is 23.2 Å². The largest absolute Gasteiger partial charge is 0.357 e. The molecule has 0 bridgehead atoms. The lowest BCUT2D eigenvalue weighted by molar-refractivity contribution is -0.128. The number of likely N-dealkylation sites (tertiary alicyclic amines) is 1. The van der Waals surface area contributed by atoms with Gasteiger partial charge in [-0.15, -0.1) is 24.0 Å². The van der Waals surface area contributed by atoms with Crippen LogP contribution in [0.2, 0.25) is 10.2 Å². The standard InChI is InChI=1S/C15H23Cl2N5O.HI/c1-3-18-15(20-10-13(23)22-6-4-5-7-22)19-9-11-8-12(16)14(17)21(11)2;/h8H,3-7,9-10H2,1-2H3,(H2,18,19,20);1H. The Labute approximate surface area is 170 Å². The molecule has 1 saturated heterocycles. The second kappa shape index (κ2) is 10.4. The molecule has 136 valence electrons. The molecule has 2 N–H and O–H groups in total. The van der Waals surface area contributed by atoms with E-state index in [2.05, 4.69) is 15.6 Å². The zero-order valence-electron chi connectivity index (χ0n) is 13.9. The normalized spacial score (nSPS) is 14.5. The third kappa shape index (κ3) is 5.70. The number of carbonyl (C=O) groups excluding carboxylic acids is 1. The number of hydrogen-bond donors (Lipinski definition) is 2. The number of guanidine groups is 1. The van der Waals surface area contributed by atoms with Crippen molar-refractivity contribution in [1.29, 1.82) is 0 Å². The predicted octanol–water partition coefficient (Wildman–Crippen LogP) is 2.63.